The first-order valence-electron chi connectivity index (χ1n) is 9.36. The SMILES string of the molecule is [C-]#[N+]C(C)(C)CCCO[Si](c1ccccc1)(c1ccccc1)C(C)(C)C. The minimum Gasteiger partial charge on any atom is -0.407 e. The highest BCUT2D eigenvalue weighted by molar-refractivity contribution is 6.99. The van der Waals surface area contributed by atoms with Gasteiger partial charge in [0.25, 0.3) is 8.32 Å². The Bertz CT molecular complexity index is 687. The molecule has 0 amide bonds. The average molecular weight is 366 g/mol. The first-order chi connectivity index (χ1) is 12.2. The molecular formula is C23H31NOSi. The van der Waals surface area contributed by atoms with E-state index in [1.54, 1.807) is 0 Å². The highest BCUT2D eigenvalue weighted by atomic mass is 28.4. The number of nitrogens with zero attached hydrogens (tertiary/aromatic N) is 1. The third kappa shape index (κ3) is 4.44. The maximum Gasteiger partial charge on any atom is 0.261 e. The van der Waals surface area contributed by atoms with Crippen molar-refractivity contribution in [3.05, 3.63) is 72.1 Å². The van der Waals surface area contributed by atoms with Crippen LogP contribution in [0.4, 0.5) is 0 Å². The molecule has 0 aliphatic carbocycles. The summed E-state index contributed by atoms with van der Waals surface area (Å²) in [5.74, 6) is 0. The molecule has 0 aliphatic rings. The summed E-state index contributed by atoms with van der Waals surface area (Å²) in [5, 5.41) is 2.62. The Morgan fingerprint density at radius 3 is 1.69 bits per heavy atom. The van der Waals surface area contributed by atoms with Gasteiger partial charge < -0.3 is 9.27 Å². The number of hydrogen-bond acceptors (Lipinski definition) is 1. The number of hydrogen-bond donors (Lipinski definition) is 0. The van der Waals surface area contributed by atoms with Gasteiger partial charge in [-0.1, -0.05) is 81.4 Å². The zero-order valence-corrected chi connectivity index (χ0v) is 17.8. The monoisotopic (exact) mass is 365 g/mol. The Balaban J connectivity index is 2.40. The van der Waals surface area contributed by atoms with Crippen molar-refractivity contribution in [2.75, 3.05) is 6.61 Å². The molecule has 0 heterocycles. The number of benzene rings is 2. The Hall–Kier alpha value is -1.89. The van der Waals surface area contributed by atoms with Crippen molar-refractivity contribution in [1.82, 2.24) is 0 Å². The standard InChI is InChI=1S/C23H31NOSi/c1-22(2,3)26(20-14-9-7-10-15-20,21-16-11-8-12-17-21)25-19-13-18-23(4,5)24-6/h7-12,14-17H,13,18-19H2,1-5H3. The van der Waals surface area contributed by atoms with Gasteiger partial charge in [0, 0.05) is 26.9 Å². The van der Waals surface area contributed by atoms with Crippen LogP contribution in [0, 0.1) is 6.57 Å². The van der Waals surface area contributed by atoms with Gasteiger partial charge in [0.05, 0.1) is 0 Å². The second-order valence-electron chi connectivity index (χ2n) is 8.54. The molecule has 2 nitrogen and oxygen atoms in total. The lowest BCUT2D eigenvalue weighted by molar-refractivity contribution is 0.279. The van der Waals surface area contributed by atoms with Gasteiger partial charge in [0.2, 0.25) is 5.54 Å². The van der Waals surface area contributed by atoms with Crippen LogP contribution in [0.5, 0.6) is 0 Å². The minimum atomic E-state index is -2.43. The van der Waals surface area contributed by atoms with Gasteiger partial charge in [-0.25, -0.2) is 6.57 Å². The fraction of sp³-hybridized carbons (Fsp3) is 0.435. The van der Waals surface area contributed by atoms with E-state index in [-0.39, 0.29) is 10.6 Å². The van der Waals surface area contributed by atoms with E-state index in [0.29, 0.717) is 6.61 Å². The van der Waals surface area contributed by atoms with E-state index in [1.807, 2.05) is 13.8 Å². The van der Waals surface area contributed by atoms with Gasteiger partial charge in [-0.05, 0) is 21.8 Å². The predicted octanol–water partition coefficient (Wildman–Crippen LogP) is 5.04. The summed E-state index contributed by atoms with van der Waals surface area (Å²) in [7, 11) is -2.43. The summed E-state index contributed by atoms with van der Waals surface area (Å²) in [6.45, 7) is 18.9. The van der Waals surface area contributed by atoms with Crippen LogP contribution in [-0.4, -0.2) is 20.5 Å². The second kappa shape index (κ2) is 8.20. The summed E-state index contributed by atoms with van der Waals surface area (Å²) in [5.41, 5.74) is -0.311. The Kier molecular flexibility index (Phi) is 6.44. The van der Waals surface area contributed by atoms with Crippen molar-refractivity contribution in [2.45, 2.75) is 58.0 Å². The fourth-order valence-electron chi connectivity index (χ4n) is 3.55. The molecule has 2 aromatic rings. The summed E-state index contributed by atoms with van der Waals surface area (Å²) in [6.07, 6.45) is 1.76. The Morgan fingerprint density at radius 1 is 0.846 bits per heavy atom. The second-order valence-corrected chi connectivity index (χ2v) is 12.8. The lowest BCUT2D eigenvalue weighted by Gasteiger charge is -2.43. The van der Waals surface area contributed by atoms with Crippen molar-refractivity contribution >= 4 is 18.7 Å². The van der Waals surface area contributed by atoms with Crippen LogP contribution < -0.4 is 10.4 Å². The molecule has 3 heteroatoms. The normalized spacial score (nSPS) is 12.6. The van der Waals surface area contributed by atoms with Gasteiger partial charge in [0.1, 0.15) is 0 Å². The molecule has 0 aromatic heterocycles. The molecule has 0 fully saturated rings. The molecule has 0 bridgehead atoms. The van der Waals surface area contributed by atoms with Crippen molar-refractivity contribution in [3.63, 3.8) is 0 Å². The summed E-state index contributed by atoms with van der Waals surface area (Å²) in [6, 6.07) is 21.4. The minimum absolute atomic E-state index is 0.00498. The van der Waals surface area contributed by atoms with Crippen LogP contribution in [0.15, 0.2) is 60.7 Å². The molecule has 0 saturated carbocycles. The summed E-state index contributed by atoms with van der Waals surface area (Å²) >= 11 is 0. The third-order valence-electron chi connectivity index (χ3n) is 4.97. The van der Waals surface area contributed by atoms with Gasteiger partial charge in [-0.3, -0.25) is 0 Å². The van der Waals surface area contributed by atoms with E-state index >= 15 is 0 Å². The smallest absolute Gasteiger partial charge is 0.261 e. The van der Waals surface area contributed by atoms with Gasteiger partial charge >= 0.3 is 0 Å². The van der Waals surface area contributed by atoms with Crippen molar-refractivity contribution in [1.29, 1.82) is 0 Å². The Labute approximate surface area is 160 Å². The summed E-state index contributed by atoms with van der Waals surface area (Å²) in [4.78, 5) is 3.73. The molecule has 0 spiro atoms. The summed E-state index contributed by atoms with van der Waals surface area (Å²) < 4.78 is 6.84. The molecule has 138 valence electrons. The zero-order valence-electron chi connectivity index (χ0n) is 16.8. The largest absolute Gasteiger partial charge is 0.407 e. The van der Waals surface area contributed by atoms with Crippen molar-refractivity contribution in [2.24, 2.45) is 0 Å². The van der Waals surface area contributed by atoms with E-state index in [4.69, 9.17) is 11.0 Å². The maximum absolute atomic E-state index is 7.32. The topological polar surface area (TPSA) is 13.6 Å². The average Bonchev–Trinajstić information content (AvgIpc) is 2.62. The third-order valence-corrected chi connectivity index (χ3v) is 10.0. The number of rotatable bonds is 7. The maximum atomic E-state index is 7.32. The van der Waals surface area contributed by atoms with E-state index in [9.17, 15) is 0 Å². The van der Waals surface area contributed by atoms with Crippen LogP contribution in [0.2, 0.25) is 5.04 Å². The highest BCUT2D eigenvalue weighted by Gasteiger charge is 2.50. The fourth-order valence-corrected chi connectivity index (χ4v) is 8.15. The molecule has 0 radical (unpaired) electrons. The van der Waals surface area contributed by atoms with E-state index in [1.165, 1.54) is 10.4 Å². The van der Waals surface area contributed by atoms with Gasteiger partial charge in [0.15, 0.2) is 0 Å². The molecule has 0 atom stereocenters. The quantitative estimate of drug-likeness (QED) is 0.381. The predicted molar refractivity (Wildman–Crippen MR) is 113 cm³/mol. The van der Waals surface area contributed by atoms with Crippen LogP contribution in [0.1, 0.15) is 47.5 Å². The molecule has 2 aromatic carbocycles. The molecule has 0 saturated heterocycles. The van der Waals surface area contributed by atoms with Crippen LogP contribution >= 0.6 is 0 Å². The first-order valence-corrected chi connectivity index (χ1v) is 11.3. The molecular weight excluding hydrogens is 334 g/mol. The molecule has 0 unspecified atom stereocenters. The van der Waals surface area contributed by atoms with Crippen molar-refractivity contribution < 1.29 is 4.43 Å². The molecule has 2 rings (SSSR count). The van der Waals surface area contributed by atoms with Crippen LogP contribution in [0.25, 0.3) is 4.85 Å². The Morgan fingerprint density at radius 2 is 1.31 bits per heavy atom. The molecule has 26 heavy (non-hydrogen) atoms. The van der Waals surface area contributed by atoms with Crippen LogP contribution in [0.3, 0.4) is 0 Å². The van der Waals surface area contributed by atoms with Crippen LogP contribution in [-0.2, 0) is 4.43 Å². The van der Waals surface area contributed by atoms with Crippen molar-refractivity contribution in [3.8, 4) is 0 Å². The lowest BCUT2D eigenvalue weighted by atomic mass is 10.0. The van der Waals surface area contributed by atoms with E-state index in [2.05, 4.69) is 86.3 Å². The lowest BCUT2D eigenvalue weighted by Crippen LogP contribution is -2.66. The van der Waals surface area contributed by atoms with Gasteiger partial charge in [-0.15, -0.1) is 0 Å². The molecule has 0 N–H and O–H groups in total. The van der Waals surface area contributed by atoms with E-state index in [0.717, 1.165) is 12.8 Å². The van der Waals surface area contributed by atoms with Gasteiger partial charge in [-0.2, -0.15) is 0 Å². The highest BCUT2D eigenvalue weighted by Crippen LogP contribution is 2.37. The zero-order chi connectivity index (χ0) is 19.3. The molecule has 0 aliphatic heterocycles. The first kappa shape index (κ1) is 20.4. The van der Waals surface area contributed by atoms with E-state index < -0.39 is 8.32 Å².